The molecular formula is C21H21Cl3N4O2. The van der Waals surface area contributed by atoms with E-state index in [4.69, 9.17) is 34.8 Å². The van der Waals surface area contributed by atoms with Crippen LogP contribution in [0.15, 0.2) is 42.5 Å². The highest BCUT2D eigenvalue weighted by Gasteiger charge is 2.32. The lowest BCUT2D eigenvalue weighted by Crippen LogP contribution is -2.51. The minimum absolute atomic E-state index is 0.0323. The molecule has 9 heteroatoms. The van der Waals surface area contributed by atoms with E-state index in [9.17, 15) is 9.59 Å². The van der Waals surface area contributed by atoms with Crippen molar-refractivity contribution in [1.29, 1.82) is 0 Å². The lowest BCUT2D eigenvalue weighted by atomic mass is 10.2. The molecule has 2 saturated heterocycles. The second-order valence-electron chi connectivity index (χ2n) is 7.30. The number of amides is 3. The van der Waals surface area contributed by atoms with E-state index in [-0.39, 0.29) is 18.5 Å². The van der Waals surface area contributed by atoms with Gasteiger partial charge in [-0.25, -0.2) is 4.79 Å². The van der Waals surface area contributed by atoms with Crippen molar-refractivity contribution in [2.24, 2.45) is 0 Å². The Morgan fingerprint density at radius 2 is 1.47 bits per heavy atom. The number of urea groups is 1. The summed E-state index contributed by atoms with van der Waals surface area (Å²) in [6.07, 6.45) is 0. The number of rotatable bonds is 4. The Balaban J connectivity index is 1.31. The van der Waals surface area contributed by atoms with Crippen LogP contribution >= 0.6 is 34.8 Å². The quantitative estimate of drug-likeness (QED) is 0.676. The highest BCUT2D eigenvalue weighted by molar-refractivity contribution is 6.42. The molecule has 3 amide bonds. The maximum Gasteiger partial charge on any atom is 0.325 e. The van der Waals surface area contributed by atoms with Crippen LogP contribution in [0.4, 0.5) is 16.2 Å². The van der Waals surface area contributed by atoms with E-state index >= 15 is 0 Å². The van der Waals surface area contributed by atoms with Crippen molar-refractivity contribution in [3.8, 4) is 0 Å². The van der Waals surface area contributed by atoms with Crippen LogP contribution < -0.4 is 9.80 Å². The van der Waals surface area contributed by atoms with Gasteiger partial charge in [-0.1, -0.05) is 34.8 Å². The summed E-state index contributed by atoms with van der Waals surface area (Å²) in [5.41, 5.74) is 1.78. The first kappa shape index (κ1) is 21.1. The summed E-state index contributed by atoms with van der Waals surface area (Å²) in [5, 5.41) is 1.67. The summed E-state index contributed by atoms with van der Waals surface area (Å²) in [6.45, 7) is 3.78. The first-order valence-corrected chi connectivity index (χ1v) is 10.9. The molecule has 0 N–H and O–H groups in total. The first-order chi connectivity index (χ1) is 14.4. The number of anilines is 2. The lowest BCUT2D eigenvalue weighted by Gasteiger charge is -2.36. The van der Waals surface area contributed by atoms with Crippen molar-refractivity contribution in [2.75, 3.05) is 55.6 Å². The standard InChI is InChI=1S/C21H21Cl3N4O2/c22-15-1-3-16(4-2-15)28-12-11-27(21(28)30)14-20(29)26-9-7-25(8-10-26)17-5-6-18(23)19(24)13-17/h1-6,13H,7-12,14H2. The van der Waals surface area contributed by atoms with Crippen LogP contribution in [0.1, 0.15) is 0 Å². The summed E-state index contributed by atoms with van der Waals surface area (Å²) in [4.78, 5) is 32.8. The normalized spacial score (nSPS) is 17.1. The van der Waals surface area contributed by atoms with Gasteiger partial charge in [0.1, 0.15) is 6.54 Å². The summed E-state index contributed by atoms with van der Waals surface area (Å²) in [5.74, 6) is -0.0323. The van der Waals surface area contributed by atoms with Crippen LogP contribution in [0.5, 0.6) is 0 Å². The number of carbonyl (C=O) groups excluding carboxylic acids is 2. The summed E-state index contributed by atoms with van der Waals surface area (Å²) in [6, 6.07) is 12.5. The molecule has 2 heterocycles. The van der Waals surface area contributed by atoms with Gasteiger partial charge in [-0.15, -0.1) is 0 Å². The Morgan fingerprint density at radius 1 is 0.800 bits per heavy atom. The van der Waals surface area contributed by atoms with Crippen LogP contribution in [-0.2, 0) is 4.79 Å². The van der Waals surface area contributed by atoms with Gasteiger partial charge in [-0.2, -0.15) is 0 Å². The molecule has 0 saturated carbocycles. The van der Waals surface area contributed by atoms with Crippen LogP contribution in [0, 0.1) is 0 Å². The maximum atomic E-state index is 12.8. The van der Waals surface area contributed by atoms with Crippen LogP contribution in [0.25, 0.3) is 0 Å². The van der Waals surface area contributed by atoms with Gasteiger partial charge in [0.2, 0.25) is 5.91 Å². The van der Waals surface area contributed by atoms with E-state index in [1.807, 2.05) is 29.2 Å². The molecule has 0 radical (unpaired) electrons. The van der Waals surface area contributed by atoms with Crippen molar-refractivity contribution in [3.63, 3.8) is 0 Å². The van der Waals surface area contributed by atoms with Crippen LogP contribution in [0.3, 0.4) is 0 Å². The van der Waals surface area contributed by atoms with Gasteiger partial charge >= 0.3 is 6.03 Å². The fourth-order valence-electron chi connectivity index (χ4n) is 3.75. The number of nitrogens with zero attached hydrogens (tertiary/aromatic N) is 4. The van der Waals surface area contributed by atoms with Gasteiger partial charge in [0.05, 0.1) is 10.0 Å². The fraction of sp³-hybridized carbons (Fsp3) is 0.333. The average molecular weight is 468 g/mol. The van der Waals surface area contributed by atoms with Gasteiger partial charge in [-0.3, -0.25) is 9.69 Å². The Hall–Kier alpha value is -2.15. The third kappa shape index (κ3) is 4.46. The Bertz CT molecular complexity index is 946. The fourth-order valence-corrected chi connectivity index (χ4v) is 4.17. The van der Waals surface area contributed by atoms with Crippen molar-refractivity contribution in [3.05, 3.63) is 57.5 Å². The van der Waals surface area contributed by atoms with E-state index in [0.29, 0.717) is 54.3 Å². The van der Waals surface area contributed by atoms with Crippen molar-refractivity contribution in [1.82, 2.24) is 9.80 Å². The molecule has 0 spiro atoms. The van der Waals surface area contributed by atoms with Gasteiger partial charge in [0.25, 0.3) is 0 Å². The zero-order valence-corrected chi connectivity index (χ0v) is 18.5. The summed E-state index contributed by atoms with van der Waals surface area (Å²) >= 11 is 18.0. The van der Waals surface area contributed by atoms with Gasteiger partial charge in [0.15, 0.2) is 0 Å². The van der Waals surface area contributed by atoms with Gasteiger partial charge in [0, 0.05) is 55.7 Å². The zero-order chi connectivity index (χ0) is 21.3. The molecule has 0 aromatic heterocycles. The number of hydrogen-bond donors (Lipinski definition) is 0. The highest BCUT2D eigenvalue weighted by Crippen LogP contribution is 2.28. The van der Waals surface area contributed by atoms with Crippen molar-refractivity contribution >= 4 is 58.1 Å². The Kier molecular flexibility index (Phi) is 6.27. The van der Waals surface area contributed by atoms with E-state index in [2.05, 4.69) is 4.90 Å². The zero-order valence-electron chi connectivity index (χ0n) is 16.2. The maximum absolute atomic E-state index is 12.8. The number of benzene rings is 2. The topological polar surface area (TPSA) is 47.1 Å². The van der Waals surface area contributed by atoms with Crippen molar-refractivity contribution < 1.29 is 9.59 Å². The second-order valence-corrected chi connectivity index (χ2v) is 8.55. The number of carbonyl (C=O) groups is 2. The molecule has 2 aliphatic heterocycles. The molecule has 30 heavy (non-hydrogen) atoms. The van der Waals surface area contributed by atoms with E-state index in [1.54, 1.807) is 28.0 Å². The van der Waals surface area contributed by atoms with Gasteiger partial charge in [-0.05, 0) is 42.5 Å². The van der Waals surface area contributed by atoms with Crippen LogP contribution in [-0.4, -0.2) is 67.6 Å². The molecule has 2 fully saturated rings. The number of halogens is 3. The second kappa shape index (κ2) is 8.92. The predicted octanol–water partition coefficient (Wildman–Crippen LogP) is 4.24. The van der Waals surface area contributed by atoms with Crippen LogP contribution in [0.2, 0.25) is 15.1 Å². The molecule has 6 nitrogen and oxygen atoms in total. The van der Waals surface area contributed by atoms with Crippen molar-refractivity contribution in [2.45, 2.75) is 0 Å². The summed E-state index contributed by atoms with van der Waals surface area (Å²) < 4.78 is 0. The Morgan fingerprint density at radius 3 is 2.13 bits per heavy atom. The first-order valence-electron chi connectivity index (χ1n) is 9.72. The average Bonchev–Trinajstić information content (AvgIpc) is 3.11. The smallest absolute Gasteiger partial charge is 0.325 e. The molecular weight excluding hydrogens is 447 g/mol. The van der Waals surface area contributed by atoms with E-state index in [0.717, 1.165) is 11.4 Å². The predicted molar refractivity (Wildman–Crippen MR) is 121 cm³/mol. The van der Waals surface area contributed by atoms with E-state index in [1.165, 1.54) is 0 Å². The Labute approximate surface area is 190 Å². The molecule has 2 aromatic carbocycles. The largest absolute Gasteiger partial charge is 0.368 e. The highest BCUT2D eigenvalue weighted by atomic mass is 35.5. The molecule has 0 atom stereocenters. The molecule has 0 unspecified atom stereocenters. The third-order valence-electron chi connectivity index (χ3n) is 5.46. The van der Waals surface area contributed by atoms with Gasteiger partial charge < -0.3 is 14.7 Å². The third-order valence-corrected chi connectivity index (χ3v) is 6.45. The number of hydrogen-bond acceptors (Lipinski definition) is 3. The minimum Gasteiger partial charge on any atom is -0.368 e. The molecule has 2 aliphatic rings. The molecule has 0 bridgehead atoms. The summed E-state index contributed by atoms with van der Waals surface area (Å²) in [7, 11) is 0. The number of piperazine rings is 1. The lowest BCUT2D eigenvalue weighted by molar-refractivity contribution is -0.131. The molecule has 0 aliphatic carbocycles. The van der Waals surface area contributed by atoms with E-state index < -0.39 is 0 Å². The molecule has 158 valence electrons. The molecule has 2 aromatic rings. The SMILES string of the molecule is O=C(CN1CCN(c2ccc(Cl)cc2)C1=O)N1CCN(c2ccc(Cl)c(Cl)c2)CC1. The monoisotopic (exact) mass is 466 g/mol. The minimum atomic E-state index is -0.153. The molecule has 4 rings (SSSR count).